The molecule has 0 radical (unpaired) electrons. The Hall–Kier alpha value is -0.120. The first-order valence-electron chi connectivity index (χ1n) is 7.40. The molecule has 17 heavy (non-hydrogen) atoms. The van der Waals surface area contributed by atoms with Crippen LogP contribution in [0.25, 0.3) is 0 Å². The minimum Gasteiger partial charge on any atom is -0.377 e. The minimum atomic E-state index is 0.401. The molecule has 0 aromatic carbocycles. The first-order chi connectivity index (χ1) is 8.35. The highest BCUT2D eigenvalue weighted by molar-refractivity contribution is 4.85. The zero-order chi connectivity index (χ0) is 12.1. The summed E-state index contributed by atoms with van der Waals surface area (Å²) in [5.41, 5.74) is 5.98. The molecule has 2 rings (SSSR count). The van der Waals surface area contributed by atoms with E-state index in [9.17, 15) is 0 Å². The second-order valence-corrected chi connectivity index (χ2v) is 5.60. The van der Waals surface area contributed by atoms with Crippen LogP contribution in [0.15, 0.2) is 0 Å². The summed E-state index contributed by atoms with van der Waals surface area (Å²) in [7, 11) is 0. The van der Waals surface area contributed by atoms with Gasteiger partial charge in [-0.25, -0.2) is 0 Å². The molecule has 2 fully saturated rings. The van der Waals surface area contributed by atoms with Crippen LogP contribution in [-0.4, -0.2) is 43.3 Å². The molecule has 2 N–H and O–H groups in total. The summed E-state index contributed by atoms with van der Waals surface area (Å²) < 4.78 is 5.83. The van der Waals surface area contributed by atoms with Crippen LogP contribution < -0.4 is 5.73 Å². The smallest absolute Gasteiger partial charge is 0.0743 e. The zero-order valence-electron chi connectivity index (χ0n) is 11.2. The van der Waals surface area contributed by atoms with E-state index >= 15 is 0 Å². The fourth-order valence-corrected chi connectivity index (χ4v) is 3.37. The number of nitrogens with zero attached hydrogens (tertiary/aromatic N) is 1. The van der Waals surface area contributed by atoms with Crippen LogP contribution in [-0.2, 0) is 4.74 Å². The van der Waals surface area contributed by atoms with E-state index < -0.39 is 0 Å². The average molecular weight is 240 g/mol. The summed E-state index contributed by atoms with van der Waals surface area (Å²) in [6.45, 7) is 6.45. The largest absolute Gasteiger partial charge is 0.377 e. The Bertz CT molecular complexity index is 216. The van der Waals surface area contributed by atoms with Crippen LogP contribution in [0.5, 0.6) is 0 Å². The standard InChI is InChI=1S/C14H28N2O/c1-2-12-5-3-8-16(9-7-12)13(11-15)14-6-4-10-17-14/h12-14H,2-11,15H2,1H3. The van der Waals surface area contributed by atoms with E-state index in [2.05, 4.69) is 11.8 Å². The summed E-state index contributed by atoms with van der Waals surface area (Å²) in [4.78, 5) is 2.60. The van der Waals surface area contributed by atoms with Crippen molar-refractivity contribution in [3.05, 3.63) is 0 Å². The third kappa shape index (κ3) is 3.43. The van der Waals surface area contributed by atoms with E-state index in [0.717, 1.165) is 19.1 Å². The van der Waals surface area contributed by atoms with E-state index in [-0.39, 0.29) is 0 Å². The highest BCUT2D eigenvalue weighted by Crippen LogP contribution is 2.25. The molecule has 0 spiro atoms. The van der Waals surface area contributed by atoms with E-state index in [4.69, 9.17) is 10.5 Å². The van der Waals surface area contributed by atoms with Gasteiger partial charge in [0.15, 0.2) is 0 Å². The molecular formula is C14H28N2O. The number of nitrogens with two attached hydrogens (primary N) is 1. The van der Waals surface area contributed by atoms with Gasteiger partial charge in [0.25, 0.3) is 0 Å². The molecule has 3 heteroatoms. The number of hydrogen-bond acceptors (Lipinski definition) is 3. The van der Waals surface area contributed by atoms with Crippen LogP contribution in [0, 0.1) is 5.92 Å². The first-order valence-corrected chi connectivity index (χ1v) is 7.40. The van der Waals surface area contributed by atoms with Crippen molar-refractivity contribution < 1.29 is 4.74 Å². The lowest BCUT2D eigenvalue weighted by Gasteiger charge is -2.33. The Labute approximate surface area is 106 Å². The van der Waals surface area contributed by atoms with Crippen LogP contribution in [0.2, 0.25) is 0 Å². The van der Waals surface area contributed by atoms with E-state index in [1.165, 1.54) is 51.6 Å². The van der Waals surface area contributed by atoms with Gasteiger partial charge in [0, 0.05) is 19.2 Å². The van der Waals surface area contributed by atoms with Gasteiger partial charge in [-0.1, -0.05) is 13.3 Å². The molecule has 100 valence electrons. The third-order valence-electron chi connectivity index (χ3n) is 4.56. The van der Waals surface area contributed by atoms with Crippen LogP contribution in [0.4, 0.5) is 0 Å². The molecule has 3 unspecified atom stereocenters. The molecule has 0 amide bonds. The predicted octanol–water partition coefficient (Wildman–Crippen LogP) is 2.00. The lowest BCUT2D eigenvalue weighted by atomic mass is 9.98. The molecule has 0 aromatic heterocycles. The second kappa shape index (κ2) is 6.72. The van der Waals surface area contributed by atoms with Gasteiger partial charge in [-0.05, 0) is 51.1 Å². The maximum Gasteiger partial charge on any atom is 0.0743 e. The number of ether oxygens (including phenoxy) is 1. The number of rotatable bonds is 4. The van der Waals surface area contributed by atoms with Gasteiger partial charge in [-0.15, -0.1) is 0 Å². The molecular weight excluding hydrogens is 212 g/mol. The van der Waals surface area contributed by atoms with E-state index in [1.807, 2.05) is 0 Å². The molecule has 3 nitrogen and oxygen atoms in total. The van der Waals surface area contributed by atoms with Crippen molar-refractivity contribution in [2.45, 2.75) is 57.6 Å². The second-order valence-electron chi connectivity index (χ2n) is 5.60. The van der Waals surface area contributed by atoms with Gasteiger partial charge >= 0.3 is 0 Å². The zero-order valence-corrected chi connectivity index (χ0v) is 11.2. The molecule has 3 atom stereocenters. The molecule has 0 aliphatic carbocycles. The van der Waals surface area contributed by atoms with Crippen LogP contribution in [0.1, 0.15) is 45.4 Å². The number of hydrogen-bond donors (Lipinski definition) is 1. The molecule has 2 aliphatic rings. The van der Waals surface area contributed by atoms with Crippen LogP contribution in [0.3, 0.4) is 0 Å². The molecule has 0 saturated carbocycles. The fraction of sp³-hybridized carbons (Fsp3) is 1.00. The Morgan fingerprint density at radius 3 is 2.76 bits per heavy atom. The Morgan fingerprint density at radius 2 is 2.12 bits per heavy atom. The van der Waals surface area contributed by atoms with Gasteiger partial charge < -0.3 is 10.5 Å². The van der Waals surface area contributed by atoms with Crippen molar-refractivity contribution in [3.63, 3.8) is 0 Å². The van der Waals surface area contributed by atoms with Crippen molar-refractivity contribution >= 4 is 0 Å². The monoisotopic (exact) mass is 240 g/mol. The quantitative estimate of drug-likeness (QED) is 0.817. The highest BCUT2D eigenvalue weighted by atomic mass is 16.5. The van der Waals surface area contributed by atoms with Gasteiger partial charge in [0.2, 0.25) is 0 Å². The Morgan fingerprint density at radius 1 is 1.24 bits per heavy atom. The molecule has 2 heterocycles. The summed E-state index contributed by atoms with van der Waals surface area (Å²) in [5, 5.41) is 0. The molecule has 2 aliphatic heterocycles. The lowest BCUT2D eigenvalue weighted by molar-refractivity contribution is 0.0280. The van der Waals surface area contributed by atoms with Crippen molar-refractivity contribution in [2.75, 3.05) is 26.2 Å². The van der Waals surface area contributed by atoms with Crippen molar-refractivity contribution in [1.29, 1.82) is 0 Å². The van der Waals surface area contributed by atoms with Crippen molar-refractivity contribution in [2.24, 2.45) is 11.7 Å². The van der Waals surface area contributed by atoms with Crippen molar-refractivity contribution in [1.82, 2.24) is 4.90 Å². The van der Waals surface area contributed by atoms with E-state index in [1.54, 1.807) is 0 Å². The predicted molar refractivity (Wildman–Crippen MR) is 71.0 cm³/mol. The van der Waals surface area contributed by atoms with Gasteiger partial charge in [0.1, 0.15) is 0 Å². The number of likely N-dealkylation sites (tertiary alicyclic amines) is 1. The topological polar surface area (TPSA) is 38.5 Å². The summed E-state index contributed by atoms with van der Waals surface area (Å²) in [6.07, 6.45) is 8.23. The van der Waals surface area contributed by atoms with Crippen LogP contribution >= 0.6 is 0 Å². The van der Waals surface area contributed by atoms with Gasteiger partial charge in [-0.3, -0.25) is 4.90 Å². The third-order valence-corrected chi connectivity index (χ3v) is 4.56. The average Bonchev–Trinajstić information content (AvgIpc) is 2.76. The van der Waals surface area contributed by atoms with E-state index in [0.29, 0.717) is 12.1 Å². The Balaban J connectivity index is 1.89. The SMILES string of the molecule is CCC1CCCN(C(CN)C2CCCO2)CC1. The molecule has 0 bridgehead atoms. The maximum absolute atomic E-state index is 5.98. The lowest BCUT2D eigenvalue weighted by Crippen LogP contribution is -2.48. The first kappa shape index (κ1) is 13.3. The summed E-state index contributed by atoms with van der Waals surface area (Å²) in [6, 6.07) is 0.466. The summed E-state index contributed by atoms with van der Waals surface area (Å²) in [5.74, 6) is 0.933. The highest BCUT2D eigenvalue weighted by Gasteiger charge is 2.30. The fourth-order valence-electron chi connectivity index (χ4n) is 3.37. The van der Waals surface area contributed by atoms with Gasteiger partial charge in [-0.2, -0.15) is 0 Å². The normalized spacial score (nSPS) is 33.5. The molecule has 2 saturated heterocycles. The summed E-state index contributed by atoms with van der Waals surface area (Å²) >= 11 is 0. The van der Waals surface area contributed by atoms with Gasteiger partial charge in [0.05, 0.1) is 6.10 Å². The maximum atomic E-state index is 5.98. The minimum absolute atomic E-state index is 0.401. The molecule has 0 aromatic rings. The Kier molecular flexibility index (Phi) is 5.26. The van der Waals surface area contributed by atoms with Crippen molar-refractivity contribution in [3.8, 4) is 0 Å².